The molecule has 0 aliphatic heterocycles. The van der Waals surface area contributed by atoms with E-state index in [4.69, 9.17) is 4.42 Å². The standard InChI is InChI=1S/C26H34O3/c1-23(2)20-14-22(28)26(5)18-7-6-17(16-10-13-29-15-16)24(18,3)11-8-19(26)25(20,4)12-9-21(23)27/h7,9-10,12-13,15,17,19-20,22,28H,6,8,11,14H2,1-5H3/t17-,19+,20+,22+,24-,25+,26-/m0/s1. The lowest BCUT2D eigenvalue weighted by atomic mass is 9.38. The molecule has 0 bridgehead atoms. The second-order valence-electron chi connectivity index (χ2n) is 11.3. The summed E-state index contributed by atoms with van der Waals surface area (Å²) in [6, 6.07) is 2.10. The summed E-state index contributed by atoms with van der Waals surface area (Å²) in [4.78, 5) is 12.7. The maximum atomic E-state index is 12.7. The Kier molecular flexibility index (Phi) is 3.84. The number of furan rings is 1. The van der Waals surface area contributed by atoms with Gasteiger partial charge in [-0.3, -0.25) is 4.79 Å². The van der Waals surface area contributed by atoms with E-state index >= 15 is 0 Å². The third-order valence-electron chi connectivity index (χ3n) is 9.90. The molecule has 5 rings (SSSR count). The molecule has 0 radical (unpaired) electrons. The molecule has 1 aromatic heterocycles. The number of ketones is 1. The quantitative estimate of drug-likeness (QED) is 0.625. The fourth-order valence-corrected chi connectivity index (χ4v) is 8.25. The second-order valence-corrected chi connectivity index (χ2v) is 11.3. The molecule has 1 heterocycles. The van der Waals surface area contributed by atoms with Gasteiger partial charge in [-0.25, -0.2) is 0 Å². The molecule has 156 valence electrons. The Morgan fingerprint density at radius 3 is 2.59 bits per heavy atom. The topological polar surface area (TPSA) is 50.4 Å². The van der Waals surface area contributed by atoms with E-state index in [1.165, 1.54) is 11.1 Å². The molecule has 1 aromatic rings. The van der Waals surface area contributed by atoms with Gasteiger partial charge in [0, 0.05) is 10.8 Å². The molecule has 7 atom stereocenters. The summed E-state index contributed by atoms with van der Waals surface area (Å²) in [5.41, 5.74) is 2.04. The van der Waals surface area contributed by atoms with Crippen molar-refractivity contribution in [2.75, 3.05) is 0 Å². The maximum Gasteiger partial charge on any atom is 0.161 e. The van der Waals surface area contributed by atoms with Crippen LogP contribution in [0.2, 0.25) is 0 Å². The fraction of sp³-hybridized carbons (Fsp3) is 0.654. The molecule has 0 unspecified atom stereocenters. The Morgan fingerprint density at radius 1 is 1.14 bits per heavy atom. The van der Waals surface area contributed by atoms with Crippen molar-refractivity contribution in [1.29, 1.82) is 0 Å². The molecule has 1 N–H and O–H groups in total. The number of fused-ring (bicyclic) bond motifs is 5. The van der Waals surface area contributed by atoms with Crippen LogP contribution >= 0.6 is 0 Å². The summed E-state index contributed by atoms with van der Waals surface area (Å²) < 4.78 is 5.41. The van der Waals surface area contributed by atoms with Crippen LogP contribution in [-0.4, -0.2) is 17.0 Å². The molecule has 0 aromatic carbocycles. The van der Waals surface area contributed by atoms with Gasteiger partial charge in [0.25, 0.3) is 0 Å². The molecule has 0 spiro atoms. The number of aliphatic hydroxyl groups is 1. The van der Waals surface area contributed by atoms with Crippen molar-refractivity contribution >= 4 is 5.78 Å². The van der Waals surface area contributed by atoms with Gasteiger partial charge in [0.2, 0.25) is 0 Å². The minimum absolute atomic E-state index is 0.0585. The van der Waals surface area contributed by atoms with Crippen LogP contribution in [0.15, 0.2) is 46.8 Å². The normalized spacial score (nSPS) is 47.9. The minimum Gasteiger partial charge on any atom is -0.472 e. The van der Waals surface area contributed by atoms with Gasteiger partial charge in [0.1, 0.15) is 0 Å². The molecule has 0 saturated heterocycles. The van der Waals surface area contributed by atoms with Crippen LogP contribution < -0.4 is 0 Å². The van der Waals surface area contributed by atoms with Crippen LogP contribution in [0.5, 0.6) is 0 Å². The highest BCUT2D eigenvalue weighted by Crippen LogP contribution is 2.72. The number of hydrogen-bond acceptors (Lipinski definition) is 3. The molecule has 2 fully saturated rings. The second kappa shape index (κ2) is 5.75. The van der Waals surface area contributed by atoms with E-state index < -0.39 is 11.5 Å². The van der Waals surface area contributed by atoms with Gasteiger partial charge in [0.15, 0.2) is 5.78 Å². The zero-order valence-electron chi connectivity index (χ0n) is 18.4. The van der Waals surface area contributed by atoms with E-state index in [2.05, 4.69) is 52.8 Å². The summed E-state index contributed by atoms with van der Waals surface area (Å²) in [5, 5.41) is 11.6. The van der Waals surface area contributed by atoms with Crippen LogP contribution in [0, 0.1) is 33.5 Å². The number of hydrogen-bond donors (Lipinski definition) is 1. The van der Waals surface area contributed by atoms with Gasteiger partial charge in [0.05, 0.1) is 18.6 Å². The van der Waals surface area contributed by atoms with Gasteiger partial charge in [-0.15, -0.1) is 0 Å². The summed E-state index contributed by atoms with van der Waals surface area (Å²) in [5.74, 6) is 1.15. The minimum atomic E-state index is -0.421. The van der Waals surface area contributed by atoms with Crippen molar-refractivity contribution in [3.05, 3.63) is 48.0 Å². The third kappa shape index (κ3) is 2.20. The van der Waals surface area contributed by atoms with Crippen LogP contribution in [-0.2, 0) is 4.79 Å². The number of allylic oxidation sites excluding steroid dienone is 3. The monoisotopic (exact) mass is 394 g/mol. The van der Waals surface area contributed by atoms with E-state index in [0.29, 0.717) is 18.3 Å². The summed E-state index contributed by atoms with van der Waals surface area (Å²) in [7, 11) is 0. The third-order valence-corrected chi connectivity index (χ3v) is 9.90. The number of carbonyl (C=O) groups is 1. The summed E-state index contributed by atoms with van der Waals surface area (Å²) in [6.07, 6.45) is 13.6. The molecule has 29 heavy (non-hydrogen) atoms. The predicted octanol–water partition coefficient (Wildman–Crippen LogP) is 5.67. The van der Waals surface area contributed by atoms with Gasteiger partial charge < -0.3 is 9.52 Å². The molecular formula is C26H34O3. The SMILES string of the molecule is CC1(C)C(=O)C=C[C@@]2(C)[C@@H]1C[C@@H](O)[C@@]1(C)C3=CC[C@@H](c4ccoc4)[C@]3(C)CC[C@H]21. The van der Waals surface area contributed by atoms with Crippen LogP contribution in [0.4, 0.5) is 0 Å². The molecule has 2 saturated carbocycles. The lowest BCUT2D eigenvalue weighted by molar-refractivity contribution is -0.163. The highest BCUT2D eigenvalue weighted by Gasteiger charge is 2.67. The van der Waals surface area contributed by atoms with Crippen molar-refractivity contribution in [3.63, 3.8) is 0 Å². The first-order valence-corrected chi connectivity index (χ1v) is 11.2. The highest BCUT2D eigenvalue weighted by molar-refractivity contribution is 5.95. The first-order chi connectivity index (χ1) is 13.6. The van der Waals surface area contributed by atoms with Crippen molar-refractivity contribution in [3.8, 4) is 0 Å². The molecular weight excluding hydrogens is 360 g/mol. The predicted molar refractivity (Wildman–Crippen MR) is 113 cm³/mol. The molecule has 4 aliphatic carbocycles. The molecule has 4 aliphatic rings. The van der Waals surface area contributed by atoms with Crippen molar-refractivity contribution in [1.82, 2.24) is 0 Å². The lowest BCUT2D eigenvalue weighted by Gasteiger charge is -2.66. The van der Waals surface area contributed by atoms with Gasteiger partial charge in [-0.2, -0.15) is 0 Å². The van der Waals surface area contributed by atoms with E-state index in [9.17, 15) is 9.90 Å². The lowest BCUT2D eigenvalue weighted by Crippen LogP contribution is -2.63. The first kappa shape index (κ1) is 19.4. The Hall–Kier alpha value is -1.61. The van der Waals surface area contributed by atoms with Crippen molar-refractivity contribution in [2.24, 2.45) is 33.5 Å². The maximum absolute atomic E-state index is 12.7. The Morgan fingerprint density at radius 2 is 1.90 bits per heavy atom. The van der Waals surface area contributed by atoms with Gasteiger partial charge in [-0.05, 0) is 72.0 Å². The van der Waals surface area contributed by atoms with Crippen LogP contribution in [0.3, 0.4) is 0 Å². The summed E-state index contributed by atoms with van der Waals surface area (Å²) >= 11 is 0. The molecule has 0 amide bonds. The van der Waals surface area contributed by atoms with Crippen molar-refractivity contribution < 1.29 is 14.3 Å². The smallest absolute Gasteiger partial charge is 0.161 e. The average molecular weight is 395 g/mol. The average Bonchev–Trinajstić information content (AvgIpc) is 3.29. The van der Waals surface area contributed by atoms with Crippen LogP contribution in [0.25, 0.3) is 0 Å². The molecule has 3 heteroatoms. The van der Waals surface area contributed by atoms with Gasteiger partial charge >= 0.3 is 0 Å². The van der Waals surface area contributed by atoms with E-state index in [1.807, 2.05) is 12.3 Å². The number of rotatable bonds is 1. The van der Waals surface area contributed by atoms with Crippen LogP contribution in [0.1, 0.15) is 71.8 Å². The van der Waals surface area contributed by atoms with Crippen molar-refractivity contribution in [2.45, 2.75) is 72.3 Å². The number of carbonyl (C=O) groups excluding carboxylic acids is 1. The Bertz CT molecular complexity index is 906. The first-order valence-electron chi connectivity index (χ1n) is 11.2. The van der Waals surface area contributed by atoms with Gasteiger partial charge in [-0.1, -0.05) is 52.3 Å². The zero-order chi connectivity index (χ0) is 20.8. The largest absolute Gasteiger partial charge is 0.472 e. The zero-order valence-corrected chi connectivity index (χ0v) is 18.4. The van der Waals surface area contributed by atoms with E-state index in [-0.39, 0.29) is 27.9 Å². The summed E-state index contributed by atoms with van der Waals surface area (Å²) in [6.45, 7) is 11.2. The van der Waals surface area contributed by atoms with E-state index in [1.54, 1.807) is 6.26 Å². The fourth-order valence-electron chi connectivity index (χ4n) is 8.25. The highest BCUT2D eigenvalue weighted by atomic mass is 16.3. The number of aliphatic hydroxyl groups excluding tert-OH is 1. The molecule has 3 nitrogen and oxygen atoms in total. The Labute approximate surface area is 174 Å². The van der Waals surface area contributed by atoms with E-state index in [0.717, 1.165) is 19.3 Å². The Balaban J connectivity index is 1.60.